The van der Waals surface area contributed by atoms with Crippen LogP contribution in [0.4, 0.5) is 5.69 Å². The zero-order valence-electron chi connectivity index (χ0n) is 13.6. The van der Waals surface area contributed by atoms with Gasteiger partial charge in [0.05, 0.1) is 11.9 Å². The molecule has 5 nitrogen and oxygen atoms in total. The van der Waals surface area contributed by atoms with Gasteiger partial charge in [-0.1, -0.05) is 20.8 Å². The summed E-state index contributed by atoms with van der Waals surface area (Å²) >= 11 is 1.73. The number of nitrogens with zero attached hydrogens (tertiary/aromatic N) is 3. The summed E-state index contributed by atoms with van der Waals surface area (Å²) in [6, 6.07) is 0. The van der Waals surface area contributed by atoms with Gasteiger partial charge in [0.1, 0.15) is 5.82 Å². The quantitative estimate of drug-likeness (QED) is 0.800. The Morgan fingerprint density at radius 3 is 2.76 bits per heavy atom. The normalized spacial score (nSPS) is 10.8. The van der Waals surface area contributed by atoms with Gasteiger partial charge in [-0.05, 0) is 12.7 Å². The molecule has 1 amide bonds. The standard InChI is InChI=1S/C15H26N4OS/c1-6-7-16-12-10-17-14(11(2)3)18-13(12)15(20)19(4)8-9-21-5/h10-11,16H,6-9H2,1-5H3. The van der Waals surface area contributed by atoms with Crippen molar-refractivity contribution < 1.29 is 4.79 Å². The van der Waals surface area contributed by atoms with Crippen LogP contribution in [0.25, 0.3) is 0 Å². The van der Waals surface area contributed by atoms with Crippen molar-refractivity contribution in [1.82, 2.24) is 14.9 Å². The van der Waals surface area contributed by atoms with Crippen molar-refractivity contribution in [3.63, 3.8) is 0 Å². The Balaban J connectivity index is 3.03. The highest BCUT2D eigenvalue weighted by Crippen LogP contribution is 2.18. The third kappa shape index (κ3) is 5.19. The summed E-state index contributed by atoms with van der Waals surface area (Å²) in [7, 11) is 1.82. The minimum Gasteiger partial charge on any atom is -0.382 e. The second kappa shape index (κ2) is 8.87. The number of carbonyl (C=O) groups excluding carboxylic acids is 1. The Kier molecular flexibility index (Phi) is 7.50. The first-order chi connectivity index (χ1) is 10.0. The predicted octanol–water partition coefficient (Wildman–Crippen LogP) is 2.86. The van der Waals surface area contributed by atoms with Gasteiger partial charge in [-0.2, -0.15) is 11.8 Å². The molecule has 0 saturated carbocycles. The molecule has 1 N–H and O–H groups in total. The number of nitrogens with one attached hydrogen (secondary N) is 1. The highest BCUT2D eigenvalue weighted by Gasteiger charge is 2.19. The van der Waals surface area contributed by atoms with Gasteiger partial charge in [-0.3, -0.25) is 4.79 Å². The fourth-order valence-electron chi connectivity index (χ4n) is 1.74. The molecule has 0 atom stereocenters. The molecule has 6 heteroatoms. The number of carbonyl (C=O) groups is 1. The summed E-state index contributed by atoms with van der Waals surface area (Å²) in [5, 5.41) is 3.24. The molecule has 0 unspecified atom stereocenters. The first-order valence-corrected chi connectivity index (χ1v) is 8.75. The molecule has 0 aromatic carbocycles. The van der Waals surface area contributed by atoms with E-state index in [1.165, 1.54) is 0 Å². The van der Waals surface area contributed by atoms with Crippen molar-refractivity contribution in [2.24, 2.45) is 0 Å². The summed E-state index contributed by atoms with van der Waals surface area (Å²) < 4.78 is 0. The first-order valence-electron chi connectivity index (χ1n) is 7.36. The molecular formula is C15H26N4OS. The van der Waals surface area contributed by atoms with E-state index in [4.69, 9.17) is 0 Å². The molecule has 1 heterocycles. The summed E-state index contributed by atoms with van der Waals surface area (Å²) in [6.45, 7) is 7.66. The molecule has 21 heavy (non-hydrogen) atoms. The Bertz CT molecular complexity index is 465. The van der Waals surface area contributed by atoms with E-state index in [0.717, 1.165) is 24.4 Å². The van der Waals surface area contributed by atoms with Crippen molar-refractivity contribution in [3.05, 3.63) is 17.7 Å². The zero-order valence-corrected chi connectivity index (χ0v) is 14.5. The minimum absolute atomic E-state index is 0.0491. The predicted molar refractivity (Wildman–Crippen MR) is 90.2 cm³/mol. The first kappa shape index (κ1) is 17.8. The fraction of sp³-hybridized carbons (Fsp3) is 0.667. The van der Waals surface area contributed by atoms with Gasteiger partial charge in [0.25, 0.3) is 5.91 Å². The van der Waals surface area contributed by atoms with Crippen LogP contribution in [0.1, 0.15) is 49.4 Å². The van der Waals surface area contributed by atoms with Crippen LogP contribution < -0.4 is 5.32 Å². The van der Waals surface area contributed by atoms with Crippen LogP contribution in [-0.4, -0.2) is 52.9 Å². The number of amides is 1. The Morgan fingerprint density at radius 2 is 2.19 bits per heavy atom. The third-order valence-electron chi connectivity index (χ3n) is 3.07. The van der Waals surface area contributed by atoms with Crippen molar-refractivity contribution in [1.29, 1.82) is 0 Å². The minimum atomic E-state index is -0.0491. The van der Waals surface area contributed by atoms with E-state index in [1.807, 2.05) is 27.2 Å². The SMILES string of the molecule is CCCNc1cnc(C(C)C)nc1C(=O)N(C)CCSC. The molecular weight excluding hydrogens is 284 g/mol. The molecule has 1 aromatic heterocycles. The van der Waals surface area contributed by atoms with Crippen LogP contribution in [-0.2, 0) is 0 Å². The summed E-state index contributed by atoms with van der Waals surface area (Å²) in [5.74, 6) is 1.78. The zero-order chi connectivity index (χ0) is 15.8. The van der Waals surface area contributed by atoms with Crippen molar-refractivity contribution in [2.45, 2.75) is 33.1 Å². The van der Waals surface area contributed by atoms with E-state index in [2.05, 4.69) is 22.2 Å². The summed E-state index contributed by atoms with van der Waals surface area (Å²) in [4.78, 5) is 23.1. The largest absolute Gasteiger partial charge is 0.382 e. The fourth-order valence-corrected chi connectivity index (χ4v) is 2.19. The number of anilines is 1. The molecule has 1 aromatic rings. The molecule has 0 radical (unpaired) electrons. The highest BCUT2D eigenvalue weighted by atomic mass is 32.2. The van der Waals surface area contributed by atoms with Gasteiger partial charge in [-0.15, -0.1) is 0 Å². The van der Waals surface area contributed by atoms with Gasteiger partial charge in [0, 0.05) is 31.8 Å². The third-order valence-corrected chi connectivity index (χ3v) is 3.66. The lowest BCUT2D eigenvalue weighted by Crippen LogP contribution is -2.31. The monoisotopic (exact) mass is 310 g/mol. The lowest BCUT2D eigenvalue weighted by Gasteiger charge is -2.19. The molecule has 1 rings (SSSR count). The van der Waals surface area contributed by atoms with Gasteiger partial charge < -0.3 is 10.2 Å². The molecule has 0 bridgehead atoms. The molecule has 118 valence electrons. The van der Waals surface area contributed by atoms with Crippen LogP contribution in [0.2, 0.25) is 0 Å². The van der Waals surface area contributed by atoms with E-state index in [1.54, 1.807) is 22.9 Å². The van der Waals surface area contributed by atoms with Gasteiger partial charge in [-0.25, -0.2) is 9.97 Å². The number of aromatic nitrogens is 2. The van der Waals surface area contributed by atoms with Crippen molar-refractivity contribution in [3.8, 4) is 0 Å². The maximum absolute atomic E-state index is 12.6. The highest BCUT2D eigenvalue weighted by molar-refractivity contribution is 7.98. The summed E-state index contributed by atoms with van der Waals surface area (Å²) in [5.41, 5.74) is 1.20. The number of hydrogen-bond acceptors (Lipinski definition) is 5. The van der Waals surface area contributed by atoms with Crippen molar-refractivity contribution >= 4 is 23.4 Å². The van der Waals surface area contributed by atoms with Crippen LogP contribution in [0, 0.1) is 0 Å². The number of hydrogen-bond donors (Lipinski definition) is 1. The number of rotatable bonds is 8. The number of thioether (sulfide) groups is 1. The van der Waals surface area contributed by atoms with Crippen LogP contribution in [0.15, 0.2) is 6.20 Å². The smallest absolute Gasteiger partial charge is 0.274 e. The lowest BCUT2D eigenvalue weighted by atomic mass is 10.2. The summed E-state index contributed by atoms with van der Waals surface area (Å²) in [6.07, 6.45) is 4.75. The van der Waals surface area contributed by atoms with Crippen LogP contribution in [0.5, 0.6) is 0 Å². The van der Waals surface area contributed by atoms with Gasteiger partial charge in [0.15, 0.2) is 5.69 Å². The van der Waals surface area contributed by atoms with E-state index in [0.29, 0.717) is 18.1 Å². The maximum atomic E-state index is 12.6. The Hall–Kier alpha value is -1.30. The second-order valence-electron chi connectivity index (χ2n) is 5.29. The van der Waals surface area contributed by atoms with E-state index >= 15 is 0 Å². The molecule has 0 aliphatic carbocycles. The maximum Gasteiger partial charge on any atom is 0.274 e. The van der Waals surface area contributed by atoms with E-state index in [9.17, 15) is 4.79 Å². The van der Waals surface area contributed by atoms with Crippen LogP contribution >= 0.6 is 11.8 Å². The van der Waals surface area contributed by atoms with Crippen LogP contribution in [0.3, 0.4) is 0 Å². The average Bonchev–Trinajstić information content (AvgIpc) is 2.49. The topological polar surface area (TPSA) is 58.1 Å². The Labute approximate surface area is 131 Å². The van der Waals surface area contributed by atoms with Gasteiger partial charge >= 0.3 is 0 Å². The molecule has 0 saturated heterocycles. The van der Waals surface area contributed by atoms with E-state index < -0.39 is 0 Å². The molecule has 0 spiro atoms. The average molecular weight is 310 g/mol. The second-order valence-corrected chi connectivity index (χ2v) is 6.28. The Morgan fingerprint density at radius 1 is 1.48 bits per heavy atom. The lowest BCUT2D eigenvalue weighted by molar-refractivity contribution is 0.0798. The van der Waals surface area contributed by atoms with Crippen molar-refractivity contribution in [2.75, 3.05) is 37.5 Å². The molecule has 0 aliphatic heterocycles. The molecule has 0 fully saturated rings. The van der Waals surface area contributed by atoms with E-state index in [-0.39, 0.29) is 11.8 Å². The molecule has 0 aliphatic rings. The van der Waals surface area contributed by atoms with Gasteiger partial charge in [0.2, 0.25) is 0 Å².